The third kappa shape index (κ3) is 4.24. The molecule has 1 saturated carbocycles. The number of hydrogen-bond donors (Lipinski definition) is 2. The number of furan rings is 1. The fourth-order valence-electron chi connectivity index (χ4n) is 2.86. The van der Waals surface area contributed by atoms with Crippen molar-refractivity contribution in [1.82, 2.24) is 10.2 Å². The van der Waals surface area contributed by atoms with Crippen LogP contribution in [0.15, 0.2) is 23.0 Å². The van der Waals surface area contributed by atoms with Gasteiger partial charge in [-0.05, 0) is 24.8 Å². The SMILES string of the molecule is CN(Cc1ccoc1)C(=O)NCC1CCCCC1C(=O)O. The summed E-state index contributed by atoms with van der Waals surface area (Å²) in [6, 6.07) is 1.62. The number of carboxylic acids is 1. The molecule has 1 aliphatic carbocycles. The lowest BCUT2D eigenvalue weighted by Gasteiger charge is -2.29. The summed E-state index contributed by atoms with van der Waals surface area (Å²) in [6.45, 7) is 0.890. The van der Waals surface area contributed by atoms with Gasteiger partial charge in [-0.25, -0.2) is 4.79 Å². The second-order valence-electron chi connectivity index (χ2n) is 5.66. The van der Waals surface area contributed by atoms with Gasteiger partial charge in [0.2, 0.25) is 0 Å². The molecule has 1 aromatic heterocycles. The van der Waals surface area contributed by atoms with Gasteiger partial charge in [-0.3, -0.25) is 4.79 Å². The molecule has 0 bridgehead atoms. The average molecular weight is 294 g/mol. The molecule has 21 heavy (non-hydrogen) atoms. The van der Waals surface area contributed by atoms with Crippen LogP contribution in [0.5, 0.6) is 0 Å². The molecule has 1 aliphatic rings. The lowest BCUT2D eigenvalue weighted by molar-refractivity contribution is -0.144. The molecule has 0 radical (unpaired) electrons. The summed E-state index contributed by atoms with van der Waals surface area (Å²) in [5, 5.41) is 12.1. The van der Waals surface area contributed by atoms with Gasteiger partial charge in [0.1, 0.15) is 0 Å². The monoisotopic (exact) mass is 294 g/mol. The number of rotatable bonds is 5. The highest BCUT2D eigenvalue weighted by Gasteiger charge is 2.31. The van der Waals surface area contributed by atoms with Crippen LogP contribution in [0.4, 0.5) is 4.79 Å². The Bertz CT molecular complexity index is 472. The number of nitrogens with one attached hydrogen (secondary N) is 1. The van der Waals surface area contributed by atoms with Crippen LogP contribution in [0, 0.1) is 11.8 Å². The maximum atomic E-state index is 12.0. The molecule has 1 heterocycles. The van der Waals surface area contributed by atoms with Crippen molar-refractivity contribution in [2.75, 3.05) is 13.6 Å². The molecule has 0 aliphatic heterocycles. The van der Waals surface area contributed by atoms with Crippen LogP contribution >= 0.6 is 0 Å². The van der Waals surface area contributed by atoms with Gasteiger partial charge in [-0.2, -0.15) is 0 Å². The van der Waals surface area contributed by atoms with E-state index in [-0.39, 0.29) is 17.9 Å². The molecule has 2 amide bonds. The van der Waals surface area contributed by atoms with Gasteiger partial charge in [0.15, 0.2) is 0 Å². The number of hydrogen-bond acceptors (Lipinski definition) is 3. The van der Waals surface area contributed by atoms with Crippen molar-refractivity contribution < 1.29 is 19.1 Å². The molecule has 2 unspecified atom stereocenters. The van der Waals surface area contributed by atoms with Crippen LogP contribution < -0.4 is 5.32 Å². The molecular formula is C15H22N2O4. The Morgan fingerprint density at radius 1 is 1.43 bits per heavy atom. The molecule has 1 fully saturated rings. The second-order valence-corrected chi connectivity index (χ2v) is 5.66. The summed E-state index contributed by atoms with van der Waals surface area (Å²) < 4.78 is 4.97. The minimum Gasteiger partial charge on any atom is -0.481 e. The largest absolute Gasteiger partial charge is 0.481 e. The Morgan fingerprint density at radius 2 is 2.19 bits per heavy atom. The zero-order valence-electron chi connectivity index (χ0n) is 12.2. The second kappa shape index (κ2) is 7.15. The van der Waals surface area contributed by atoms with Crippen LogP contribution in [0.1, 0.15) is 31.2 Å². The summed E-state index contributed by atoms with van der Waals surface area (Å²) in [6.07, 6.45) is 6.74. The molecule has 0 aromatic carbocycles. The van der Waals surface area contributed by atoms with Crippen molar-refractivity contribution in [2.45, 2.75) is 32.2 Å². The van der Waals surface area contributed by atoms with E-state index >= 15 is 0 Å². The zero-order valence-corrected chi connectivity index (χ0v) is 12.2. The highest BCUT2D eigenvalue weighted by molar-refractivity contribution is 5.74. The number of aliphatic carboxylic acids is 1. The first-order valence-electron chi connectivity index (χ1n) is 7.30. The lowest BCUT2D eigenvalue weighted by Crippen LogP contribution is -2.42. The summed E-state index contributed by atoms with van der Waals surface area (Å²) in [5.41, 5.74) is 0.925. The van der Waals surface area contributed by atoms with Gasteiger partial charge in [0, 0.05) is 19.2 Å². The molecule has 2 N–H and O–H groups in total. The Hall–Kier alpha value is -1.98. The third-order valence-electron chi connectivity index (χ3n) is 4.09. The van der Waals surface area contributed by atoms with Crippen molar-refractivity contribution in [3.63, 3.8) is 0 Å². The minimum absolute atomic E-state index is 0.0301. The lowest BCUT2D eigenvalue weighted by atomic mass is 9.79. The first-order valence-corrected chi connectivity index (χ1v) is 7.30. The van der Waals surface area contributed by atoms with E-state index in [2.05, 4.69) is 5.32 Å². The van der Waals surface area contributed by atoms with Gasteiger partial charge in [0.05, 0.1) is 25.0 Å². The minimum atomic E-state index is -0.749. The third-order valence-corrected chi connectivity index (χ3v) is 4.09. The molecule has 0 saturated heterocycles. The van der Waals surface area contributed by atoms with Crippen LogP contribution in [0.25, 0.3) is 0 Å². The zero-order chi connectivity index (χ0) is 15.2. The van der Waals surface area contributed by atoms with Crippen LogP contribution in [-0.2, 0) is 11.3 Å². The fraction of sp³-hybridized carbons (Fsp3) is 0.600. The van der Waals surface area contributed by atoms with E-state index in [9.17, 15) is 14.7 Å². The van der Waals surface area contributed by atoms with E-state index in [4.69, 9.17) is 4.42 Å². The maximum absolute atomic E-state index is 12.0. The molecule has 2 rings (SSSR count). The first kappa shape index (κ1) is 15.4. The number of amides is 2. The average Bonchev–Trinajstić information content (AvgIpc) is 2.97. The van der Waals surface area contributed by atoms with E-state index in [1.807, 2.05) is 6.07 Å². The fourth-order valence-corrected chi connectivity index (χ4v) is 2.86. The smallest absolute Gasteiger partial charge is 0.317 e. The topological polar surface area (TPSA) is 82.8 Å². The van der Waals surface area contributed by atoms with Gasteiger partial charge in [0.25, 0.3) is 0 Å². The van der Waals surface area contributed by atoms with Crippen LogP contribution in [0.3, 0.4) is 0 Å². The quantitative estimate of drug-likeness (QED) is 0.873. The highest BCUT2D eigenvalue weighted by Crippen LogP contribution is 2.29. The predicted octanol–water partition coefficient (Wildman–Crippen LogP) is 2.31. The number of nitrogens with zero attached hydrogens (tertiary/aromatic N) is 1. The standard InChI is InChI=1S/C15H22N2O4/c1-17(9-11-6-7-21-10-11)15(20)16-8-12-4-2-3-5-13(12)14(18)19/h6-7,10,12-13H,2-5,8-9H2,1H3,(H,16,20)(H,18,19). The highest BCUT2D eigenvalue weighted by atomic mass is 16.4. The molecule has 0 spiro atoms. The molecule has 6 heteroatoms. The van der Waals surface area contributed by atoms with Crippen molar-refractivity contribution in [2.24, 2.45) is 11.8 Å². The summed E-state index contributed by atoms with van der Waals surface area (Å²) in [5.74, 6) is -1.05. The number of carbonyl (C=O) groups is 2. The maximum Gasteiger partial charge on any atom is 0.317 e. The molecule has 116 valence electrons. The number of carboxylic acid groups (broad SMARTS) is 1. The van der Waals surface area contributed by atoms with Crippen LogP contribution in [-0.4, -0.2) is 35.6 Å². The van der Waals surface area contributed by atoms with E-state index in [1.54, 1.807) is 24.5 Å². The van der Waals surface area contributed by atoms with Gasteiger partial charge < -0.3 is 19.7 Å². The van der Waals surface area contributed by atoms with E-state index in [1.165, 1.54) is 0 Å². The number of carbonyl (C=O) groups excluding carboxylic acids is 1. The molecule has 2 atom stereocenters. The van der Waals surface area contributed by atoms with E-state index in [0.717, 1.165) is 24.8 Å². The van der Waals surface area contributed by atoms with E-state index < -0.39 is 5.97 Å². The van der Waals surface area contributed by atoms with Gasteiger partial charge >= 0.3 is 12.0 Å². The van der Waals surface area contributed by atoms with Crippen molar-refractivity contribution in [1.29, 1.82) is 0 Å². The molecular weight excluding hydrogens is 272 g/mol. The van der Waals surface area contributed by atoms with Crippen molar-refractivity contribution in [3.8, 4) is 0 Å². The van der Waals surface area contributed by atoms with Gasteiger partial charge in [-0.15, -0.1) is 0 Å². The van der Waals surface area contributed by atoms with E-state index in [0.29, 0.717) is 19.5 Å². The summed E-state index contributed by atoms with van der Waals surface area (Å²) in [4.78, 5) is 24.8. The van der Waals surface area contributed by atoms with Gasteiger partial charge in [-0.1, -0.05) is 12.8 Å². The normalized spacial score (nSPS) is 21.8. The Balaban J connectivity index is 1.80. The Kier molecular flexibility index (Phi) is 5.25. The Morgan fingerprint density at radius 3 is 2.86 bits per heavy atom. The molecule has 1 aromatic rings. The predicted molar refractivity (Wildman–Crippen MR) is 76.7 cm³/mol. The van der Waals surface area contributed by atoms with Crippen LogP contribution in [0.2, 0.25) is 0 Å². The Labute approximate surface area is 124 Å². The molecule has 6 nitrogen and oxygen atoms in total. The first-order chi connectivity index (χ1) is 10.1. The summed E-state index contributed by atoms with van der Waals surface area (Å²) in [7, 11) is 1.71. The van der Waals surface area contributed by atoms with Crippen molar-refractivity contribution >= 4 is 12.0 Å². The summed E-state index contributed by atoms with van der Waals surface area (Å²) >= 11 is 0. The number of urea groups is 1. The van der Waals surface area contributed by atoms with Crippen molar-refractivity contribution in [3.05, 3.63) is 24.2 Å².